The fraction of sp³-hybridized carbons (Fsp3) is 0.381. The standard InChI is InChI=1S/C21H24ClN3O5/c1-3-29-20(26)18-15(11-24)25-16(12-28-10-9-23)19(21(27)30-4-2)17(18)13-7-5-6-8-14(13)22/h5-8,17,25H,3-4,9-10,12,23H2,1-2H3. The Morgan fingerprint density at radius 2 is 1.80 bits per heavy atom. The molecule has 30 heavy (non-hydrogen) atoms. The Bertz CT molecular complexity index is 904. The van der Waals surface area contributed by atoms with Gasteiger partial charge in [-0.2, -0.15) is 5.26 Å². The van der Waals surface area contributed by atoms with Crippen LogP contribution in [0.1, 0.15) is 25.3 Å². The molecule has 0 radical (unpaired) electrons. The topological polar surface area (TPSA) is 124 Å². The Kier molecular flexibility index (Phi) is 8.87. The molecule has 0 bridgehead atoms. The molecule has 2 rings (SSSR count). The van der Waals surface area contributed by atoms with E-state index >= 15 is 0 Å². The molecule has 1 aliphatic rings. The van der Waals surface area contributed by atoms with Gasteiger partial charge in [0.15, 0.2) is 0 Å². The number of hydrogen-bond acceptors (Lipinski definition) is 8. The fourth-order valence-electron chi connectivity index (χ4n) is 3.11. The van der Waals surface area contributed by atoms with Crippen molar-refractivity contribution in [1.82, 2.24) is 5.32 Å². The van der Waals surface area contributed by atoms with Crippen molar-refractivity contribution in [3.63, 3.8) is 0 Å². The van der Waals surface area contributed by atoms with Crippen LogP contribution in [-0.4, -0.2) is 44.9 Å². The van der Waals surface area contributed by atoms with Gasteiger partial charge in [-0.1, -0.05) is 29.8 Å². The average Bonchev–Trinajstić information content (AvgIpc) is 2.73. The van der Waals surface area contributed by atoms with Gasteiger partial charge in [0.25, 0.3) is 0 Å². The summed E-state index contributed by atoms with van der Waals surface area (Å²) in [5.41, 5.74) is 6.32. The lowest BCUT2D eigenvalue weighted by Gasteiger charge is -2.30. The fourth-order valence-corrected chi connectivity index (χ4v) is 3.35. The van der Waals surface area contributed by atoms with E-state index in [1.54, 1.807) is 38.1 Å². The van der Waals surface area contributed by atoms with Crippen molar-refractivity contribution in [2.45, 2.75) is 19.8 Å². The van der Waals surface area contributed by atoms with Crippen molar-refractivity contribution >= 4 is 23.5 Å². The summed E-state index contributed by atoms with van der Waals surface area (Å²) in [6, 6.07) is 8.76. The second kappa shape index (κ2) is 11.4. The summed E-state index contributed by atoms with van der Waals surface area (Å²) in [5, 5.41) is 12.9. The van der Waals surface area contributed by atoms with E-state index in [2.05, 4.69) is 5.32 Å². The van der Waals surface area contributed by atoms with Crippen LogP contribution in [0.25, 0.3) is 0 Å². The predicted molar refractivity (Wildman–Crippen MR) is 110 cm³/mol. The summed E-state index contributed by atoms with van der Waals surface area (Å²) in [4.78, 5) is 25.8. The number of benzene rings is 1. The number of carbonyl (C=O) groups excluding carboxylic acids is 2. The SMILES string of the molecule is CCOC(=O)C1=C(C#N)NC(COCCN)=C(C(=O)OCC)C1c1ccccc1Cl. The van der Waals surface area contributed by atoms with Gasteiger partial charge >= 0.3 is 11.9 Å². The minimum atomic E-state index is -0.968. The number of allylic oxidation sites excluding steroid dienone is 1. The van der Waals surface area contributed by atoms with Crippen molar-refractivity contribution in [2.75, 3.05) is 33.0 Å². The highest BCUT2D eigenvalue weighted by Crippen LogP contribution is 2.41. The molecule has 3 N–H and O–H groups in total. The molecule has 0 aromatic heterocycles. The molecule has 1 heterocycles. The summed E-state index contributed by atoms with van der Waals surface area (Å²) >= 11 is 6.42. The van der Waals surface area contributed by atoms with Gasteiger partial charge in [0.1, 0.15) is 11.8 Å². The number of ether oxygens (including phenoxy) is 3. The van der Waals surface area contributed by atoms with Crippen LogP contribution in [0.4, 0.5) is 0 Å². The lowest BCUT2D eigenvalue weighted by molar-refractivity contribution is -0.139. The zero-order valence-electron chi connectivity index (χ0n) is 16.9. The van der Waals surface area contributed by atoms with Gasteiger partial charge in [-0.25, -0.2) is 9.59 Å². The van der Waals surface area contributed by atoms with Gasteiger partial charge in [-0.3, -0.25) is 0 Å². The van der Waals surface area contributed by atoms with Crippen LogP contribution in [-0.2, 0) is 23.8 Å². The number of nitrogens with one attached hydrogen (secondary N) is 1. The van der Waals surface area contributed by atoms with E-state index in [1.165, 1.54) is 0 Å². The summed E-state index contributed by atoms with van der Waals surface area (Å²) in [6.07, 6.45) is 0. The van der Waals surface area contributed by atoms with Crippen molar-refractivity contribution in [3.05, 3.63) is 57.4 Å². The van der Waals surface area contributed by atoms with Crippen LogP contribution in [0.5, 0.6) is 0 Å². The number of rotatable bonds is 9. The first-order valence-electron chi connectivity index (χ1n) is 9.50. The number of hydrogen-bond donors (Lipinski definition) is 2. The van der Waals surface area contributed by atoms with Gasteiger partial charge in [-0.15, -0.1) is 0 Å². The van der Waals surface area contributed by atoms with Crippen LogP contribution < -0.4 is 11.1 Å². The predicted octanol–water partition coefficient (Wildman–Crippen LogP) is 2.16. The maximum Gasteiger partial charge on any atom is 0.337 e. The van der Waals surface area contributed by atoms with Crippen molar-refractivity contribution < 1.29 is 23.8 Å². The zero-order valence-corrected chi connectivity index (χ0v) is 17.6. The Morgan fingerprint density at radius 3 is 2.37 bits per heavy atom. The number of esters is 2. The maximum absolute atomic E-state index is 13.0. The molecule has 1 aromatic rings. The van der Waals surface area contributed by atoms with E-state index in [4.69, 9.17) is 31.5 Å². The molecule has 1 aromatic carbocycles. The van der Waals surface area contributed by atoms with Crippen LogP contribution in [0, 0.1) is 11.3 Å². The summed E-state index contributed by atoms with van der Waals surface area (Å²) in [7, 11) is 0. The molecule has 9 heteroatoms. The van der Waals surface area contributed by atoms with Gasteiger partial charge in [-0.05, 0) is 25.5 Å². The van der Waals surface area contributed by atoms with Gasteiger partial charge < -0.3 is 25.3 Å². The smallest absolute Gasteiger partial charge is 0.337 e. The largest absolute Gasteiger partial charge is 0.463 e. The van der Waals surface area contributed by atoms with Gasteiger partial charge in [0, 0.05) is 11.6 Å². The first kappa shape index (κ1) is 23.4. The minimum Gasteiger partial charge on any atom is -0.463 e. The molecular weight excluding hydrogens is 410 g/mol. The Labute approximate surface area is 180 Å². The van der Waals surface area contributed by atoms with Crippen molar-refractivity contribution in [1.29, 1.82) is 5.26 Å². The Morgan fingerprint density at radius 1 is 1.17 bits per heavy atom. The van der Waals surface area contributed by atoms with E-state index in [1.807, 2.05) is 6.07 Å². The molecular formula is C21H24ClN3O5. The number of halogens is 1. The summed E-state index contributed by atoms with van der Waals surface area (Å²) in [6.45, 7) is 4.04. The van der Waals surface area contributed by atoms with Crippen molar-refractivity contribution in [3.8, 4) is 6.07 Å². The Hall–Kier alpha value is -2.86. The van der Waals surface area contributed by atoms with Gasteiger partial charge in [0.05, 0.1) is 49.2 Å². The second-order valence-corrected chi connectivity index (χ2v) is 6.56. The van der Waals surface area contributed by atoms with Crippen LogP contribution in [0.2, 0.25) is 5.02 Å². The van der Waals surface area contributed by atoms with E-state index < -0.39 is 17.9 Å². The molecule has 1 atom stereocenters. The van der Waals surface area contributed by atoms with Crippen molar-refractivity contribution in [2.24, 2.45) is 5.73 Å². The number of nitrogens with zero attached hydrogens (tertiary/aromatic N) is 1. The van der Waals surface area contributed by atoms with Crippen LogP contribution in [0.3, 0.4) is 0 Å². The molecule has 0 amide bonds. The van der Waals surface area contributed by atoms with Crippen LogP contribution >= 0.6 is 11.6 Å². The lowest BCUT2D eigenvalue weighted by Crippen LogP contribution is -2.35. The molecule has 0 saturated heterocycles. The lowest BCUT2D eigenvalue weighted by atomic mass is 9.80. The third-order valence-electron chi connectivity index (χ3n) is 4.28. The highest BCUT2D eigenvalue weighted by atomic mass is 35.5. The summed E-state index contributed by atoms with van der Waals surface area (Å²) < 4.78 is 15.9. The minimum absolute atomic E-state index is 0.0157. The number of nitrogens with two attached hydrogens (primary N) is 1. The quantitative estimate of drug-likeness (QED) is 0.448. The monoisotopic (exact) mass is 433 g/mol. The maximum atomic E-state index is 13.0. The molecule has 0 spiro atoms. The van der Waals surface area contributed by atoms with Gasteiger partial charge in [0.2, 0.25) is 0 Å². The molecule has 0 aliphatic carbocycles. The number of dihydropyridines is 1. The highest BCUT2D eigenvalue weighted by Gasteiger charge is 2.41. The second-order valence-electron chi connectivity index (χ2n) is 6.15. The summed E-state index contributed by atoms with van der Waals surface area (Å²) in [5.74, 6) is -2.35. The molecule has 0 saturated carbocycles. The van der Waals surface area contributed by atoms with E-state index in [0.717, 1.165) is 0 Å². The van der Waals surface area contributed by atoms with E-state index in [-0.39, 0.29) is 49.8 Å². The Balaban J connectivity index is 2.74. The number of nitriles is 1. The first-order valence-corrected chi connectivity index (χ1v) is 9.88. The third kappa shape index (κ3) is 5.19. The van der Waals surface area contributed by atoms with E-state index in [9.17, 15) is 14.9 Å². The molecule has 1 aliphatic heterocycles. The molecule has 1 unspecified atom stereocenters. The van der Waals surface area contributed by atoms with Crippen LogP contribution in [0.15, 0.2) is 46.8 Å². The average molecular weight is 434 g/mol. The molecule has 0 fully saturated rings. The van der Waals surface area contributed by atoms with E-state index in [0.29, 0.717) is 16.3 Å². The zero-order chi connectivity index (χ0) is 22.1. The normalized spacial score (nSPS) is 16.0. The first-order chi connectivity index (χ1) is 14.5. The highest BCUT2D eigenvalue weighted by molar-refractivity contribution is 6.31. The molecule has 8 nitrogen and oxygen atoms in total. The third-order valence-corrected chi connectivity index (χ3v) is 4.62. The number of carbonyl (C=O) groups is 2. The molecule has 160 valence electrons.